The van der Waals surface area contributed by atoms with E-state index < -0.39 is 0 Å². The van der Waals surface area contributed by atoms with Gasteiger partial charge in [0.1, 0.15) is 0 Å². The van der Waals surface area contributed by atoms with Crippen molar-refractivity contribution in [2.75, 3.05) is 27.2 Å². The molecule has 0 spiro atoms. The smallest absolute Gasteiger partial charge is 0.305 e. The summed E-state index contributed by atoms with van der Waals surface area (Å²) in [6.45, 7) is 6.43. The molecule has 0 atom stereocenters. The molecule has 0 saturated heterocycles. The summed E-state index contributed by atoms with van der Waals surface area (Å²) in [7, 11) is 3.24. The molecular formula is C17H33N3O2. The highest BCUT2D eigenvalue weighted by Gasteiger charge is 2.37. The summed E-state index contributed by atoms with van der Waals surface area (Å²) in [6.07, 6.45) is 7.56. The van der Waals surface area contributed by atoms with Crippen LogP contribution in [-0.2, 0) is 9.53 Å². The fraction of sp³-hybridized carbons (Fsp3) is 0.882. The minimum atomic E-state index is -0.136. The Balaban J connectivity index is 2.21. The molecule has 2 N–H and O–H groups in total. The van der Waals surface area contributed by atoms with Crippen LogP contribution in [0.4, 0.5) is 0 Å². The summed E-state index contributed by atoms with van der Waals surface area (Å²) in [5.74, 6) is 1.48. The molecule has 0 aromatic rings. The Labute approximate surface area is 135 Å². The first-order valence-electron chi connectivity index (χ1n) is 8.53. The average Bonchev–Trinajstić information content (AvgIpc) is 2.46. The SMILES string of the molecule is CN=C(NCCCCC(=O)OC)NCC1(CC(C)C)CCC1. The van der Waals surface area contributed by atoms with E-state index in [0.29, 0.717) is 11.8 Å². The van der Waals surface area contributed by atoms with Crippen LogP contribution in [0, 0.1) is 11.3 Å². The molecule has 0 aliphatic heterocycles. The zero-order valence-corrected chi connectivity index (χ0v) is 14.7. The van der Waals surface area contributed by atoms with E-state index in [2.05, 4.69) is 34.2 Å². The molecule has 1 aliphatic rings. The second-order valence-electron chi connectivity index (χ2n) is 6.84. The topological polar surface area (TPSA) is 62.7 Å². The van der Waals surface area contributed by atoms with E-state index in [9.17, 15) is 4.79 Å². The summed E-state index contributed by atoms with van der Waals surface area (Å²) >= 11 is 0. The first-order valence-corrected chi connectivity index (χ1v) is 8.53. The van der Waals surface area contributed by atoms with E-state index in [1.54, 1.807) is 7.05 Å². The van der Waals surface area contributed by atoms with Crippen LogP contribution in [0.1, 0.15) is 58.8 Å². The van der Waals surface area contributed by atoms with Crippen LogP contribution in [0.2, 0.25) is 0 Å². The molecule has 0 heterocycles. The highest BCUT2D eigenvalue weighted by Crippen LogP contribution is 2.45. The van der Waals surface area contributed by atoms with Crippen LogP contribution >= 0.6 is 0 Å². The Bertz CT molecular complexity index is 363. The first-order chi connectivity index (χ1) is 10.5. The molecule has 0 bridgehead atoms. The minimum Gasteiger partial charge on any atom is -0.469 e. The summed E-state index contributed by atoms with van der Waals surface area (Å²) in [4.78, 5) is 15.3. The lowest BCUT2D eigenvalue weighted by molar-refractivity contribution is -0.140. The number of carbonyl (C=O) groups excluding carboxylic acids is 1. The zero-order chi connectivity index (χ0) is 16.4. The second-order valence-corrected chi connectivity index (χ2v) is 6.84. The van der Waals surface area contributed by atoms with Gasteiger partial charge in [0, 0.05) is 26.6 Å². The summed E-state index contributed by atoms with van der Waals surface area (Å²) in [5.41, 5.74) is 0.469. The van der Waals surface area contributed by atoms with Gasteiger partial charge in [-0.3, -0.25) is 9.79 Å². The maximum atomic E-state index is 11.0. The van der Waals surface area contributed by atoms with Crippen molar-refractivity contribution in [1.82, 2.24) is 10.6 Å². The number of hydrogen-bond acceptors (Lipinski definition) is 3. The predicted molar refractivity (Wildman–Crippen MR) is 91.0 cm³/mol. The average molecular weight is 311 g/mol. The van der Waals surface area contributed by atoms with Gasteiger partial charge in [0.05, 0.1) is 7.11 Å². The Morgan fingerprint density at radius 2 is 2.00 bits per heavy atom. The highest BCUT2D eigenvalue weighted by atomic mass is 16.5. The number of methoxy groups -OCH3 is 1. The number of carbonyl (C=O) groups is 1. The Kier molecular flexibility index (Phi) is 8.28. The molecule has 0 unspecified atom stereocenters. The lowest BCUT2D eigenvalue weighted by atomic mass is 9.64. The lowest BCUT2D eigenvalue weighted by Crippen LogP contribution is -2.47. The van der Waals surface area contributed by atoms with Crippen molar-refractivity contribution in [2.24, 2.45) is 16.3 Å². The maximum Gasteiger partial charge on any atom is 0.305 e. The third-order valence-electron chi connectivity index (χ3n) is 4.44. The van der Waals surface area contributed by atoms with Gasteiger partial charge >= 0.3 is 5.97 Å². The van der Waals surface area contributed by atoms with E-state index >= 15 is 0 Å². The molecular weight excluding hydrogens is 278 g/mol. The summed E-state index contributed by atoms with van der Waals surface area (Å²) in [5, 5.41) is 6.80. The zero-order valence-electron chi connectivity index (χ0n) is 14.7. The van der Waals surface area contributed by atoms with Crippen LogP contribution in [0.15, 0.2) is 4.99 Å². The Morgan fingerprint density at radius 3 is 2.50 bits per heavy atom. The quantitative estimate of drug-likeness (QED) is 0.297. The molecule has 5 nitrogen and oxygen atoms in total. The molecule has 0 aromatic carbocycles. The third kappa shape index (κ3) is 6.67. The van der Waals surface area contributed by atoms with Crippen LogP contribution in [0.3, 0.4) is 0 Å². The molecule has 0 amide bonds. The number of aliphatic imine (C=N–C) groups is 1. The molecule has 0 radical (unpaired) electrons. The number of unbranched alkanes of at least 4 members (excludes halogenated alkanes) is 1. The number of nitrogens with one attached hydrogen (secondary N) is 2. The van der Waals surface area contributed by atoms with Crippen molar-refractivity contribution >= 4 is 11.9 Å². The van der Waals surface area contributed by atoms with E-state index in [0.717, 1.165) is 37.8 Å². The third-order valence-corrected chi connectivity index (χ3v) is 4.44. The standard InChI is InChI=1S/C17H33N3O2/c1-14(2)12-17(9-7-10-17)13-20-16(18-3)19-11-6-5-8-15(21)22-4/h14H,5-13H2,1-4H3,(H2,18,19,20). The molecule has 22 heavy (non-hydrogen) atoms. The van der Waals surface area contributed by atoms with Gasteiger partial charge in [0.25, 0.3) is 0 Å². The maximum absolute atomic E-state index is 11.0. The Hall–Kier alpha value is -1.26. The normalized spacial score (nSPS) is 17.0. The van der Waals surface area contributed by atoms with Gasteiger partial charge in [-0.15, -0.1) is 0 Å². The lowest BCUT2D eigenvalue weighted by Gasteiger charge is -2.43. The number of nitrogens with zero attached hydrogens (tertiary/aromatic N) is 1. The van der Waals surface area contributed by atoms with Gasteiger partial charge in [-0.05, 0) is 43.4 Å². The van der Waals surface area contributed by atoms with Gasteiger partial charge in [-0.2, -0.15) is 0 Å². The van der Waals surface area contributed by atoms with Crippen LogP contribution in [0.5, 0.6) is 0 Å². The first kappa shape index (κ1) is 18.8. The number of esters is 1. The predicted octanol–water partition coefficient (Wildman–Crippen LogP) is 2.71. The van der Waals surface area contributed by atoms with Crippen molar-refractivity contribution in [3.05, 3.63) is 0 Å². The van der Waals surface area contributed by atoms with Crippen molar-refractivity contribution in [1.29, 1.82) is 0 Å². The van der Waals surface area contributed by atoms with Crippen LogP contribution < -0.4 is 10.6 Å². The van der Waals surface area contributed by atoms with E-state index in [4.69, 9.17) is 0 Å². The van der Waals surface area contributed by atoms with Gasteiger partial charge in [0.2, 0.25) is 0 Å². The van der Waals surface area contributed by atoms with Crippen LogP contribution in [-0.4, -0.2) is 39.2 Å². The molecule has 0 aromatic heterocycles. The molecule has 128 valence electrons. The van der Waals surface area contributed by atoms with Crippen LogP contribution in [0.25, 0.3) is 0 Å². The number of ether oxygens (including phenoxy) is 1. The van der Waals surface area contributed by atoms with Crippen molar-refractivity contribution < 1.29 is 9.53 Å². The second kappa shape index (κ2) is 9.70. The molecule has 1 saturated carbocycles. The van der Waals surface area contributed by atoms with E-state index in [1.807, 2.05) is 0 Å². The fourth-order valence-corrected chi connectivity index (χ4v) is 3.19. The Morgan fingerprint density at radius 1 is 1.27 bits per heavy atom. The monoisotopic (exact) mass is 311 g/mol. The summed E-state index contributed by atoms with van der Waals surface area (Å²) < 4.78 is 4.63. The molecule has 1 rings (SSSR count). The van der Waals surface area contributed by atoms with Gasteiger partial charge < -0.3 is 15.4 Å². The molecule has 5 heteroatoms. The van der Waals surface area contributed by atoms with Crippen molar-refractivity contribution in [2.45, 2.75) is 58.8 Å². The fourth-order valence-electron chi connectivity index (χ4n) is 3.19. The minimum absolute atomic E-state index is 0.136. The van der Waals surface area contributed by atoms with Gasteiger partial charge in [0.15, 0.2) is 5.96 Å². The molecule has 1 fully saturated rings. The van der Waals surface area contributed by atoms with E-state index in [1.165, 1.54) is 32.8 Å². The highest BCUT2D eigenvalue weighted by molar-refractivity contribution is 5.79. The van der Waals surface area contributed by atoms with Crippen molar-refractivity contribution in [3.63, 3.8) is 0 Å². The van der Waals surface area contributed by atoms with Gasteiger partial charge in [-0.25, -0.2) is 0 Å². The largest absolute Gasteiger partial charge is 0.469 e. The van der Waals surface area contributed by atoms with Crippen molar-refractivity contribution in [3.8, 4) is 0 Å². The van der Waals surface area contributed by atoms with Gasteiger partial charge in [-0.1, -0.05) is 20.3 Å². The number of rotatable bonds is 9. The molecule has 1 aliphatic carbocycles. The summed E-state index contributed by atoms with van der Waals surface area (Å²) in [6, 6.07) is 0. The van der Waals surface area contributed by atoms with E-state index in [-0.39, 0.29) is 5.97 Å². The number of guanidine groups is 1. The number of hydrogen-bond donors (Lipinski definition) is 2.